The summed E-state index contributed by atoms with van der Waals surface area (Å²) < 4.78 is 0. The lowest BCUT2D eigenvalue weighted by atomic mass is 10.2. The second-order valence-electron chi connectivity index (χ2n) is 2.20. The van der Waals surface area contributed by atoms with Crippen LogP contribution in [0, 0.1) is 0 Å². The summed E-state index contributed by atoms with van der Waals surface area (Å²) in [7, 11) is 0. The topological polar surface area (TPSA) is 36.8 Å². The van der Waals surface area contributed by atoms with Crippen LogP contribution in [0.4, 0.5) is 0 Å². The van der Waals surface area contributed by atoms with Crippen LogP contribution < -0.4 is 5.32 Å². The lowest BCUT2D eigenvalue weighted by molar-refractivity contribution is 1.04. The molecule has 1 N–H and O–H groups in total. The molecule has 1 heterocycles. The zero-order valence-electron chi connectivity index (χ0n) is 6.76. The maximum absolute atomic E-state index is 4.12. The number of nitrogens with zero attached hydrogens (tertiary/aromatic N) is 2. The molecule has 0 aromatic carbocycles. The molecule has 0 saturated carbocycles. The third-order valence-corrected chi connectivity index (χ3v) is 1.38. The molecule has 3 heteroatoms. The van der Waals surface area contributed by atoms with Gasteiger partial charge in [0, 0.05) is 6.21 Å². The minimum Gasteiger partial charge on any atom is -0.345 e. The van der Waals surface area contributed by atoms with E-state index >= 15 is 0 Å². The zero-order valence-corrected chi connectivity index (χ0v) is 6.76. The van der Waals surface area contributed by atoms with Crippen LogP contribution in [-0.4, -0.2) is 12.6 Å². The Hall–Kier alpha value is -1.38. The summed E-state index contributed by atoms with van der Waals surface area (Å²) in [4.78, 5) is 8.17. The first-order valence-corrected chi connectivity index (χ1v) is 3.43. The van der Waals surface area contributed by atoms with E-state index in [9.17, 15) is 0 Å². The minimum absolute atomic E-state index is 0.801. The van der Waals surface area contributed by atoms with Gasteiger partial charge in [-0.25, -0.2) is 4.99 Å². The summed E-state index contributed by atoms with van der Waals surface area (Å²) in [5.41, 5.74) is 2.53. The van der Waals surface area contributed by atoms with Crippen molar-refractivity contribution in [2.45, 2.75) is 13.8 Å². The first-order chi connectivity index (χ1) is 5.25. The Kier molecular flexibility index (Phi) is 2.21. The van der Waals surface area contributed by atoms with Crippen molar-refractivity contribution in [1.29, 1.82) is 0 Å². The summed E-state index contributed by atoms with van der Waals surface area (Å²) in [6.07, 6.45) is 3.35. The van der Waals surface area contributed by atoms with Crippen LogP contribution in [0.5, 0.6) is 0 Å². The number of rotatable bonds is 1. The Morgan fingerprint density at radius 1 is 1.73 bits per heavy atom. The highest BCUT2D eigenvalue weighted by molar-refractivity contribution is 5.66. The molecule has 0 atom stereocenters. The van der Waals surface area contributed by atoms with Gasteiger partial charge in [0.1, 0.15) is 5.70 Å². The number of hydrogen-bond donors (Lipinski definition) is 1. The molecule has 0 spiro atoms. The fraction of sp³-hybridized carbons (Fsp3) is 0.250. The molecule has 0 fully saturated rings. The van der Waals surface area contributed by atoms with E-state index in [4.69, 9.17) is 0 Å². The van der Waals surface area contributed by atoms with Crippen LogP contribution >= 0.6 is 0 Å². The summed E-state index contributed by atoms with van der Waals surface area (Å²) in [5.74, 6) is 0. The van der Waals surface area contributed by atoms with Crippen molar-refractivity contribution < 1.29 is 0 Å². The van der Waals surface area contributed by atoms with Crippen LogP contribution in [0.25, 0.3) is 0 Å². The van der Waals surface area contributed by atoms with Gasteiger partial charge in [0.15, 0.2) is 0 Å². The highest BCUT2D eigenvalue weighted by atomic mass is 15.0. The van der Waals surface area contributed by atoms with Gasteiger partial charge in [0.25, 0.3) is 0 Å². The second kappa shape index (κ2) is 3.14. The molecule has 1 aliphatic rings. The van der Waals surface area contributed by atoms with E-state index in [1.165, 1.54) is 0 Å². The largest absolute Gasteiger partial charge is 0.345 e. The van der Waals surface area contributed by atoms with Gasteiger partial charge in [-0.3, -0.25) is 4.99 Å². The van der Waals surface area contributed by atoms with Gasteiger partial charge in [-0.2, -0.15) is 0 Å². The third-order valence-electron chi connectivity index (χ3n) is 1.38. The van der Waals surface area contributed by atoms with Gasteiger partial charge in [-0.05, 0) is 13.8 Å². The molecule has 58 valence electrons. The Labute approximate surface area is 66.2 Å². The lowest BCUT2D eigenvalue weighted by Gasteiger charge is -2.11. The Balaban J connectivity index is 3.01. The summed E-state index contributed by atoms with van der Waals surface area (Å²) in [6.45, 7) is 7.57. The van der Waals surface area contributed by atoms with E-state index in [0.29, 0.717) is 0 Å². The number of allylic oxidation sites excluding steroid dienone is 1. The minimum atomic E-state index is 0.801. The maximum Gasteiger partial charge on any atom is 0.107 e. The quantitative estimate of drug-likeness (QED) is 0.563. The van der Waals surface area contributed by atoms with Gasteiger partial charge in [0.2, 0.25) is 0 Å². The van der Waals surface area contributed by atoms with Crippen molar-refractivity contribution >= 4 is 12.6 Å². The highest BCUT2D eigenvalue weighted by Crippen LogP contribution is 2.15. The molecule has 1 aliphatic heterocycles. The predicted molar refractivity (Wildman–Crippen MR) is 47.6 cm³/mol. The van der Waals surface area contributed by atoms with E-state index in [1.807, 2.05) is 13.8 Å². The Morgan fingerprint density at radius 2 is 2.45 bits per heavy atom. The average molecular weight is 149 g/mol. The van der Waals surface area contributed by atoms with E-state index in [0.717, 1.165) is 17.1 Å². The second-order valence-corrected chi connectivity index (χ2v) is 2.20. The molecule has 0 unspecified atom stereocenters. The van der Waals surface area contributed by atoms with E-state index in [1.54, 1.807) is 12.6 Å². The molecule has 0 aromatic heterocycles. The molecule has 1 rings (SSSR count). The van der Waals surface area contributed by atoms with Crippen molar-refractivity contribution in [1.82, 2.24) is 5.32 Å². The average Bonchev–Trinajstić information content (AvgIpc) is 1.97. The van der Waals surface area contributed by atoms with Crippen LogP contribution in [-0.2, 0) is 0 Å². The van der Waals surface area contributed by atoms with Gasteiger partial charge in [0.05, 0.1) is 17.7 Å². The molecular weight excluding hydrogens is 138 g/mol. The van der Waals surface area contributed by atoms with Crippen LogP contribution in [0.15, 0.2) is 33.7 Å². The molecule has 0 bridgehead atoms. The van der Waals surface area contributed by atoms with E-state index in [-0.39, 0.29) is 0 Å². The van der Waals surface area contributed by atoms with Crippen LogP contribution in [0.2, 0.25) is 0 Å². The highest BCUT2D eigenvalue weighted by Gasteiger charge is 2.06. The Bertz CT molecular complexity index is 259. The van der Waals surface area contributed by atoms with Gasteiger partial charge in [-0.1, -0.05) is 6.58 Å². The predicted octanol–water partition coefficient (Wildman–Crippen LogP) is 1.45. The number of nitrogens with one attached hydrogen (secondary N) is 1. The van der Waals surface area contributed by atoms with Crippen molar-refractivity contribution in [2.75, 3.05) is 0 Å². The van der Waals surface area contributed by atoms with Crippen molar-refractivity contribution in [3.63, 3.8) is 0 Å². The Morgan fingerprint density at radius 3 is 3.00 bits per heavy atom. The van der Waals surface area contributed by atoms with Gasteiger partial charge >= 0.3 is 0 Å². The van der Waals surface area contributed by atoms with E-state index in [2.05, 4.69) is 21.9 Å². The van der Waals surface area contributed by atoms with Crippen molar-refractivity contribution in [2.24, 2.45) is 9.98 Å². The first kappa shape index (κ1) is 7.72. The third kappa shape index (κ3) is 1.55. The van der Waals surface area contributed by atoms with Crippen molar-refractivity contribution in [3.05, 3.63) is 23.7 Å². The molecular formula is C8H11N3. The first-order valence-electron chi connectivity index (χ1n) is 3.43. The summed E-state index contributed by atoms with van der Waals surface area (Å²) >= 11 is 0. The SMILES string of the molecule is C=C1NC=NC(C)=C1N=CC. The fourth-order valence-electron chi connectivity index (χ4n) is 0.855. The fourth-order valence-corrected chi connectivity index (χ4v) is 0.855. The smallest absolute Gasteiger partial charge is 0.107 e. The van der Waals surface area contributed by atoms with Gasteiger partial charge < -0.3 is 5.32 Å². The molecule has 0 amide bonds. The molecule has 0 radical (unpaired) electrons. The van der Waals surface area contributed by atoms with Gasteiger partial charge in [-0.15, -0.1) is 0 Å². The number of hydrogen-bond acceptors (Lipinski definition) is 3. The zero-order chi connectivity index (χ0) is 8.27. The molecule has 0 aliphatic carbocycles. The summed E-state index contributed by atoms with van der Waals surface area (Å²) in [5, 5.41) is 2.89. The molecule has 0 aromatic rings. The molecule has 0 saturated heterocycles. The normalized spacial score (nSPS) is 17.8. The van der Waals surface area contributed by atoms with Crippen LogP contribution in [0.3, 0.4) is 0 Å². The summed E-state index contributed by atoms with van der Waals surface area (Å²) in [6, 6.07) is 0. The maximum atomic E-state index is 4.12. The lowest BCUT2D eigenvalue weighted by Crippen LogP contribution is -2.15. The molecule has 3 nitrogen and oxygen atoms in total. The number of aliphatic imine (C=N–C) groups is 2. The molecule has 11 heavy (non-hydrogen) atoms. The monoisotopic (exact) mass is 149 g/mol. The van der Waals surface area contributed by atoms with E-state index < -0.39 is 0 Å². The van der Waals surface area contributed by atoms with Crippen molar-refractivity contribution in [3.8, 4) is 0 Å². The van der Waals surface area contributed by atoms with Crippen LogP contribution in [0.1, 0.15) is 13.8 Å². The standard InChI is InChI=1S/C8H11N3/c1-4-9-8-6(2)10-5-11-7(8)3/h4-5H,2H2,1,3H3,(H,10,11).